The van der Waals surface area contributed by atoms with Crippen molar-refractivity contribution in [1.29, 1.82) is 0 Å². The molecule has 0 aromatic heterocycles. The van der Waals surface area contributed by atoms with Crippen molar-refractivity contribution in [2.24, 2.45) is 0 Å². The fourth-order valence-electron chi connectivity index (χ4n) is 1.42. The zero-order chi connectivity index (χ0) is 11.7. The quantitative estimate of drug-likeness (QED) is 0.348. The number of nitrogens with zero attached hydrogens (tertiary/aromatic N) is 1. The van der Waals surface area contributed by atoms with Crippen LogP contribution < -0.4 is 34.5 Å². The van der Waals surface area contributed by atoms with E-state index in [9.17, 15) is 14.0 Å². The average molecular weight is 283 g/mol. The fraction of sp³-hybridized carbons (Fsp3) is 1.00. The van der Waals surface area contributed by atoms with Gasteiger partial charge < -0.3 is 28.9 Å². The molecule has 90 valence electrons. The Morgan fingerprint density at radius 3 is 1.94 bits per heavy atom. The van der Waals surface area contributed by atoms with E-state index in [2.05, 4.69) is 0 Å². The van der Waals surface area contributed by atoms with Crippen LogP contribution in [0.1, 0.15) is 0 Å². The van der Waals surface area contributed by atoms with Gasteiger partial charge in [0.15, 0.2) is 13.1 Å². The Bertz CT molecular complexity index is 286. The molecule has 1 rings (SSSR count). The fourth-order valence-corrected chi connectivity index (χ4v) is 4.24. The first-order valence-corrected chi connectivity index (χ1v) is 7.46. The molecular formula is C5H12NNaO7P2. The summed E-state index contributed by atoms with van der Waals surface area (Å²) < 4.78 is 26.8. The molecule has 0 saturated carbocycles. The molecule has 0 aromatic carbocycles. The molecule has 0 radical (unpaired) electrons. The molecule has 0 bridgehead atoms. The van der Waals surface area contributed by atoms with Gasteiger partial charge in [-0.1, -0.05) is 0 Å². The van der Waals surface area contributed by atoms with E-state index >= 15 is 0 Å². The molecule has 0 spiro atoms. The van der Waals surface area contributed by atoms with E-state index in [1.54, 1.807) is 0 Å². The van der Waals surface area contributed by atoms with Gasteiger partial charge in [-0.2, -0.15) is 0 Å². The first kappa shape index (κ1) is 17.2. The third-order valence-corrected chi connectivity index (χ3v) is 5.58. The molecule has 1 heterocycles. The largest absolute Gasteiger partial charge is 1.00 e. The second-order valence-electron chi connectivity index (χ2n) is 3.15. The third kappa shape index (κ3) is 4.84. The van der Waals surface area contributed by atoms with Crippen molar-refractivity contribution < 1.29 is 63.0 Å². The first-order chi connectivity index (χ1) is 6.73. The van der Waals surface area contributed by atoms with Crippen LogP contribution in [0.3, 0.4) is 0 Å². The summed E-state index contributed by atoms with van der Waals surface area (Å²) in [4.78, 5) is 38.4. The van der Waals surface area contributed by atoms with Gasteiger partial charge in [0.2, 0.25) is 0 Å². The standard InChI is InChI=1S/C5H13NO7P2.Na/c7-14(8,9)5(15(10,11)12)6-1-3-13-4-2-6;/h5H,1-4H2,(H2,7,8,9)(H2,10,11,12);/q;+1/p-1. The predicted octanol–water partition coefficient (Wildman–Crippen LogP) is -4.67. The predicted molar refractivity (Wildman–Crippen MR) is 48.0 cm³/mol. The van der Waals surface area contributed by atoms with Crippen LogP contribution in [-0.4, -0.2) is 51.4 Å². The zero-order valence-electron chi connectivity index (χ0n) is 8.72. The Balaban J connectivity index is 0.00000225. The zero-order valence-corrected chi connectivity index (χ0v) is 12.5. The van der Waals surface area contributed by atoms with Crippen molar-refractivity contribution >= 4 is 15.2 Å². The molecule has 2 atom stereocenters. The van der Waals surface area contributed by atoms with Gasteiger partial charge in [-0.3, -0.25) is 9.46 Å². The van der Waals surface area contributed by atoms with Crippen LogP contribution in [0.15, 0.2) is 0 Å². The Hall–Kier alpha value is 1.22. The van der Waals surface area contributed by atoms with Crippen molar-refractivity contribution in [1.82, 2.24) is 4.90 Å². The van der Waals surface area contributed by atoms with E-state index in [0.29, 0.717) is 0 Å². The van der Waals surface area contributed by atoms with Gasteiger partial charge in [0, 0.05) is 13.1 Å². The maximum absolute atomic E-state index is 11.0. The van der Waals surface area contributed by atoms with Gasteiger partial charge >= 0.3 is 37.2 Å². The van der Waals surface area contributed by atoms with Crippen LogP contribution in [0.5, 0.6) is 0 Å². The van der Waals surface area contributed by atoms with Gasteiger partial charge in [0.25, 0.3) is 0 Å². The topological polar surface area (TPSA) is 130 Å². The van der Waals surface area contributed by atoms with Crippen molar-refractivity contribution in [3.8, 4) is 0 Å². The van der Waals surface area contributed by atoms with Crippen LogP contribution in [0.25, 0.3) is 0 Å². The summed E-state index contributed by atoms with van der Waals surface area (Å²) in [5.41, 5.74) is -2.16. The molecule has 1 aliphatic rings. The number of ether oxygens (including phenoxy) is 1. The minimum Gasteiger partial charge on any atom is -0.777 e. The molecule has 3 N–H and O–H groups in total. The molecule has 1 fully saturated rings. The molecule has 16 heavy (non-hydrogen) atoms. The van der Waals surface area contributed by atoms with Gasteiger partial charge in [0.1, 0.15) is 0 Å². The Labute approximate surface area is 115 Å². The van der Waals surface area contributed by atoms with Crippen LogP contribution >= 0.6 is 15.2 Å². The molecule has 8 nitrogen and oxygen atoms in total. The number of hydrogen-bond acceptors (Lipinski definition) is 5. The van der Waals surface area contributed by atoms with Crippen LogP contribution in [0, 0.1) is 0 Å². The summed E-state index contributed by atoms with van der Waals surface area (Å²) in [6.07, 6.45) is 0. The van der Waals surface area contributed by atoms with Gasteiger partial charge in [-0.15, -0.1) is 0 Å². The number of hydrogen-bond donors (Lipinski definition) is 3. The second kappa shape index (κ2) is 6.41. The summed E-state index contributed by atoms with van der Waals surface area (Å²) in [5.74, 6) is 0. The van der Waals surface area contributed by atoms with E-state index in [1.807, 2.05) is 0 Å². The number of rotatable bonds is 3. The van der Waals surface area contributed by atoms with Gasteiger partial charge in [0.05, 0.1) is 13.2 Å². The third-order valence-electron chi connectivity index (χ3n) is 1.96. The normalized spacial score (nSPS) is 24.2. The van der Waals surface area contributed by atoms with Crippen molar-refractivity contribution in [3.63, 3.8) is 0 Å². The smallest absolute Gasteiger partial charge is 0.777 e. The summed E-state index contributed by atoms with van der Waals surface area (Å²) in [7, 11) is -10.0. The van der Waals surface area contributed by atoms with Crippen molar-refractivity contribution in [2.75, 3.05) is 26.3 Å². The van der Waals surface area contributed by atoms with Gasteiger partial charge in [-0.05, 0) is 0 Å². The van der Waals surface area contributed by atoms with Crippen molar-refractivity contribution in [3.05, 3.63) is 0 Å². The molecule has 1 saturated heterocycles. The SMILES string of the molecule is O=P([O-])(O)C(N1CCOCC1)P(=O)(O)O.[Na+]. The maximum atomic E-state index is 11.0. The second-order valence-corrected chi connectivity index (χ2v) is 6.84. The Morgan fingerprint density at radius 2 is 1.62 bits per heavy atom. The summed E-state index contributed by atoms with van der Waals surface area (Å²) >= 11 is 0. The van der Waals surface area contributed by atoms with E-state index in [4.69, 9.17) is 19.4 Å². The molecule has 0 amide bonds. The Morgan fingerprint density at radius 1 is 1.19 bits per heavy atom. The minimum atomic E-state index is -5.11. The molecule has 0 aliphatic carbocycles. The van der Waals surface area contributed by atoms with E-state index in [-0.39, 0.29) is 55.9 Å². The van der Waals surface area contributed by atoms with Gasteiger partial charge in [-0.25, -0.2) is 0 Å². The maximum Gasteiger partial charge on any atom is 1.00 e. The Kier molecular flexibility index (Phi) is 6.89. The minimum absolute atomic E-state index is 0. The molecule has 2 unspecified atom stereocenters. The summed E-state index contributed by atoms with van der Waals surface area (Å²) in [6.45, 7) is 0.470. The molecule has 1 aliphatic heterocycles. The van der Waals surface area contributed by atoms with Crippen LogP contribution in [-0.2, 0) is 13.9 Å². The van der Waals surface area contributed by atoms with E-state index in [1.165, 1.54) is 0 Å². The monoisotopic (exact) mass is 283 g/mol. The van der Waals surface area contributed by atoms with Crippen molar-refractivity contribution in [2.45, 2.75) is 5.52 Å². The molecule has 11 heteroatoms. The van der Waals surface area contributed by atoms with Crippen LogP contribution in [0.2, 0.25) is 0 Å². The first-order valence-electron chi connectivity index (χ1n) is 4.13. The number of morpholine rings is 1. The average Bonchev–Trinajstić information content (AvgIpc) is 2.00. The van der Waals surface area contributed by atoms with E-state index in [0.717, 1.165) is 4.90 Å². The molecular weight excluding hydrogens is 271 g/mol. The summed E-state index contributed by atoms with van der Waals surface area (Å²) in [5, 5.41) is 0. The molecule has 0 aromatic rings. The van der Waals surface area contributed by atoms with Crippen LogP contribution in [0.4, 0.5) is 0 Å². The van der Waals surface area contributed by atoms with E-state index < -0.39 is 20.7 Å². The summed E-state index contributed by atoms with van der Waals surface area (Å²) in [6, 6.07) is 0.